The van der Waals surface area contributed by atoms with Gasteiger partial charge in [0, 0.05) is 0 Å². The molecule has 0 aliphatic carbocycles. The first-order valence-corrected chi connectivity index (χ1v) is 2.20. The second kappa shape index (κ2) is 3.16. The first-order chi connectivity index (χ1) is 4.09. The van der Waals surface area contributed by atoms with E-state index in [1.807, 2.05) is 0 Å². The number of hydrogen-bond donors (Lipinski definition) is 3. The lowest BCUT2D eigenvalue weighted by atomic mass is 10.2. The number of aliphatic hydroxyl groups is 2. The minimum Gasteiger partial charge on any atom is -0.382 e. The van der Waals surface area contributed by atoms with E-state index in [2.05, 4.69) is 5.73 Å². The van der Waals surface area contributed by atoms with Gasteiger partial charge >= 0.3 is 0 Å². The van der Waals surface area contributed by atoms with Crippen LogP contribution >= 0.6 is 0 Å². The fourth-order valence-electron chi connectivity index (χ4n) is 0.243. The molecule has 0 aliphatic heterocycles. The van der Waals surface area contributed by atoms with Gasteiger partial charge in [-0.05, 0) is 0 Å². The molecule has 0 bridgehead atoms. The molecular weight excluding hydrogens is 126 g/mol. The van der Waals surface area contributed by atoms with Crippen molar-refractivity contribution >= 4 is 12.2 Å². The second-order valence-corrected chi connectivity index (χ2v) is 1.47. The summed E-state index contributed by atoms with van der Waals surface area (Å²) in [5.74, 6) is -1.12. The average molecular weight is 133 g/mol. The summed E-state index contributed by atoms with van der Waals surface area (Å²) in [6.45, 7) is 0. The molecule has 0 aliphatic rings. The van der Waals surface area contributed by atoms with E-state index in [-0.39, 0.29) is 6.29 Å². The molecule has 0 unspecified atom stereocenters. The highest BCUT2D eigenvalue weighted by Gasteiger charge is 2.20. The monoisotopic (exact) mass is 133 g/mol. The number of hydrogen-bond acceptors (Lipinski definition) is 4. The van der Waals surface area contributed by atoms with E-state index < -0.39 is 18.1 Å². The van der Waals surface area contributed by atoms with Gasteiger partial charge in [0.15, 0.2) is 12.4 Å². The lowest BCUT2D eigenvalue weighted by Crippen LogP contribution is -2.39. The molecule has 0 aromatic heterocycles. The molecule has 1 amide bonds. The van der Waals surface area contributed by atoms with E-state index in [4.69, 9.17) is 10.2 Å². The lowest BCUT2D eigenvalue weighted by Gasteiger charge is -2.05. The van der Waals surface area contributed by atoms with E-state index >= 15 is 0 Å². The quantitative estimate of drug-likeness (QED) is 0.367. The van der Waals surface area contributed by atoms with Gasteiger partial charge < -0.3 is 20.7 Å². The zero-order valence-corrected chi connectivity index (χ0v) is 4.52. The molecule has 0 rings (SSSR count). The first-order valence-electron chi connectivity index (χ1n) is 2.20. The molecule has 0 radical (unpaired) electrons. The third kappa shape index (κ3) is 2.20. The Kier molecular flexibility index (Phi) is 2.83. The van der Waals surface area contributed by atoms with E-state index in [0.29, 0.717) is 0 Å². The van der Waals surface area contributed by atoms with Crippen LogP contribution in [0.5, 0.6) is 0 Å². The predicted octanol–water partition coefficient (Wildman–Crippen LogP) is -2.61. The van der Waals surface area contributed by atoms with Crippen LogP contribution in [0.2, 0.25) is 0 Å². The molecule has 0 fully saturated rings. The topological polar surface area (TPSA) is 101 Å². The van der Waals surface area contributed by atoms with E-state index in [9.17, 15) is 9.59 Å². The van der Waals surface area contributed by atoms with Gasteiger partial charge in [-0.25, -0.2) is 0 Å². The summed E-state index contributed by atoms with van der Waals surface area (Å²) in [5, 5.41) is 16.8. The third-order valence-electron chi connectivity index (χ3n) is 0.754. The minimum absolute atomic E-state index is 0.0371. The minimum atomic E-state index is -1.79. The predicted molar refractivity (Wildman–Crippen MR) is 27.3 cm³/mol. The standard InChI is InChI=1S/C4H7NO4/c5-4(9)3(8)2(7)1-6/h1-3,7-8H,(H2,5,9)/t2-,3-/m0/s1. The fourth-order valence-corrected chi connectivity index (χ4v) is 0.243. The molecule has 52 valence electrons. The summed E-state index contributed by atoms with van der Waals surface area (Å²) >= 11 is 0. The summed E-state index contributed by atoms with van der Waals surface area (Å²) < 4.78 is 0. The zero-order chi connectivity index (χ0) is 7.44. The summed E-state index contributed by atoms with van der Waals surface area (Å²) in [4.78, 5) is 19.6. The maximum absolute atomic E-state index is 9.95. The van der Waals surface area contributed by atoms with Crippen molar-refractivity contribution in [2.45, 2.75) is 12.2 Å². The molecule has 9 heavy (non-hydrogen) atoms. The van der Waals surface area contributed by atoms with Crippen LogP contribution in [0.1, 0.15) is 0 Å². The van der Waals surface area contributed by atoms with E-state index in [0.717, 1.165) is 0 Å². The van der Waals surface area contributed by atoms with Crippen LogP contribution in [0.3, 0.4) is 0 Å². The Morgan fingerprint density at radius 2 is 2.00 bits per heavy atom. The Labute approximate surface area is 51.1 Å². The maximum Gasteiger partial charge on any atom is 0.249 e. The summed E-state index contributed by atoms with van der Waals surface area (Å²) in [7, 11) is 0. The molecule has 0 spiro atoms. The first kappa shape index (κ1) is 8.06. The van der Waals surface area contributed by atoms with Crippen molar-refractivity contribution < 1.29 is 19.8 Å². The lowest BCUT2D eigenvalue weighted by molar-refractivity contribution is -0.136. The number of nitrogens with two attached hydrogens (primary N) is 1. The molecule has 0 saturated carbocycles. The van der Waals surface area contributed by atoms with Gasteiger partial charge in [0.1, 0.15) is 6.10 Å². The SMILES string of the molecule is NC(=O)[C@@H](O)[C@@H](O)C=O. The number of aldehydes is 1. The van der Waals surface area contributed by atoms with Crippen molar-refractivity contribution in [1.29, 1.82) is 0 Å². The van der Waals surface area contributed by atoms with Gasteiger partial charge in [0.05, 0.1) is 0 Å². The molecule has 0 aromatic rings. The second-order valence-electron chi connectivity index (χ2n) is 1.47. The van der Waals surface area contributed by atoms with Crippen LogP contribution in [-0.4, -0.2) is 34.6 Å². The van der Waals surface area contributed by atoms with Crippen LogP contribution in [0.15, 0.2) is 0 Å². The Morgan fingerprint density at radius 3 is 2.11 bits per heavy atom. The molecule has 0 heterocycles. The van der Waals surface area contributed by atoms with Crippen molar-refractivity contribution in [2.75, 3.05) is 0 Å². The number of carbonyl (C=O) groups is 2. The Hall–Kier alpha value is -0.940. The van der Waals surface area contributed by atoms with Gasteiger partial charge in [-0.15, -0.1) is 0 Å². The molecule has 5 heteroatoms. The summed E-state index contributed by atoms with van der Waals surface area (Å²) in [5.41, 5.74) is 4.50. The molecule has 4 N–H and O–H groups in total. The van der Waals surface area contributed by atoms with Crippen LogP contribution in [0, 0.1) is 0 Å². The molecule has 5 nitrogen and oxygen atoms in total. The number of primary amides is 1. The fraction of sp³-hybridized carbons (Fsp3) is 0.500. The smallest absolute Gasteiger partial charge is 0.249 e. The zero-order valence-electron chi connectivity index (χ0n) is 4.52. The van der Waals surface area contributed by atoms with Gasteiger partial charge in [0.2, 0.25) is 5.91 Å². The summed E-state index contributed by atoms with van der Waals surface area (Å²) in [6.07, 6.45) is -3.46. The maximum atomic E-state index is 9.95. The Morgan fingerprint density at radius 1 is 1.56 bits per heavy atom. The average Bonchev–Trinajstić information content (AvgIpc) is 1.84. The summed E-state index contributed by atoms with van der Waals surface area (Å²) in [6, 6.07) is 0. The van der Waals surface area contributed by atoms with E-state index in [1.165, 1.54) is 0 Å². The largest absolute Gasteiger partial charge is 0.382 e. The van der Waals surface area contributed by atoms with E-state index in [1.54, 1.807) is 0 Å². The Bertz CT molecular complexity index is 124. The highest BCUT2D eigenvalue weighted by atomic mass is 16.3. The van der Waals surface area contributed by atoms with Crippen molar-refractivity contribution in [2.24, 2.45) is 5.73 Å². The number of rotatable bonds is 3. The Balaban J connectivity index is 3.86. The highest BCUT2D eigenvalue weighted by Crippen LogP contribution is 1.86. The molecular formula is C4H7NO4. The molecule has 2 atom stereocenters. The van der Waals surface area contributed by atoms with Gasteiger partial charge in [0.25, 0.3) is 0 Å². The van der Waals surface area contributed by atoms with Crippen LogP contribution in [0.4, 0.5) is 0 Å². The molecule has 0 saturated heterocycles. The van der Waals surface area contributed by atoms with Crippen LogP contribution < -0.4 is 5.73 Å². The third-order valence-corrected chi connectivity index (χ3v) is 0.754. The van der Waals surface area contributed by atoms with Gasteiger partial charge in [-0.3, -0.25) is 4.79 Å². The highest BCUT2D eigenvalue weighted by molar-refractivity contribution is 5.82. The van der Waals surface area contributed by atoms with Gasteiger partial charge in [-0.2, -0.15) is 0 Å². The number of aliphatic hydroxyl groups excluding tert-OH is 2. The number of carbonyl (C=O) groups excluding carboxylic acids is 2. The normalized spacial score (nSPS) is 16.2. The number of amides is 1. The van der Waals surface area contributed by atoms with Crippen molar-refractivity contribution in [1.82, 2.24) is 0 Å². The van der Waals surface area contributed by atoms with Crippen molar-refractivity contribution in [3.8, 4) is 0 Å². The van der Waals surface area contributed by atoms with Crippen molar-refractivity contribution in [3.63, 3.8) is 0 Å². The molecule has 0 aromatic carbocycles. The van der Waals surface area contributed by atoms with Gasteiger partial charge in [-0.1, -0.05) is 0 Å². The van der Waals surface area contributed by atoms with Crippen LogP contribution in [-0.2, 0) is 9.59 Å². The van der Waals surface area contributed by atoms with Crippen molar-refractivity contribution in [3.05, 3.63) is 0 Å². The van der Waals surface area contributed by atoms with Crippen LogP contribution in [0.25, 0.3) is 0 Å².